The average Bonchev–Trinajstić information content (AvgIpc) is 3.18. The molecular weight excluding hydrogens is 275 g/mol. The van der Waals surface area contributed by atoms with Gasteiger partial charge in [-0.15, -0.1) is 0 Å². The summed E-state index contributed by atoms with van der Waals surface area (Å²) in [5, 5.41) is 11.4. The second kappa shape index (κ2) is 5.61. The first-order valence-corrected chi connectivity index (χ1v) is 6.89. The summed E-state index contributed by atoms with van der Waals surface area (Å²) in [5.41, 5.74) is 0. The lowest BCUT2D eigenvalue weighted by Crippen LogP contribution is -2.46. The van der Waals surface area contributed by atoms with Crippen LogP contribution in [0.1, 0.15) is 38.5 Å². The van der Waals surface area contributed by atoms with Crippen molar-refractivity contribution in [3.05, 3.63) is 0 Å². The van der Waals surface area contributed by atoms with Crippen LogP contribution in [0.15, 0.2) is 0 Å². The average molecular weight is 293 g/mol. The van der Waals surface area contributed by atoms with Crippen LogP contribution in [-0.2, 0) is 9.59 Å². The van der Waals surface area contributed by atoms with Crippen molar-refractivity contribution in [3.63, 3.8) is 0 Å². The number of halogens is 3. The van der Waals surface area contributed by atoms with E-state index in [0.29, 0.717) is 12.8 Å². The molecule has 0 aromatic heterocycles. The maximum Gasteiger partial charge on any atom is 0.391 e. The van der Waals surface area contributed by atoms with Crippen LogP contribution in [0.5, 0.6) is 0 Å². The lowest BCUT2D eigenvalue weighted by Gasteiger charge is -2.30. The molecule has 0 aromatic carbocycles. The predicted molar refractivity (Wildman–Crippen MR) is 63.8 cm³/mol. The van der Waals surface area contributed by atoms with E-state index in [1.54, 1.807) is 0 Å². The summed E-state index contributed by atoms with van der Waals surface area (Å²) >= 11 is 0. The van der Waals surface area contributed by atoms with Crippen LogP contribution in [-0.4, -0.2) is 29.2 Å². The lowest BCUT2D eigenvalue weighted by molar-refractivity contribution is -0.186. The highest BCUT2D eigenvalue weighted by atomic mass is 19.4. The molecular formula is C13H18F3NO3. The van der Waals surface area contributed by atoms with Crippen LogP contribution in [0, 0.1) is 17.8 Å². The first-order valence-electron chi connectivity index (χ1n) is 6.89. The van der Waals surface area contributed by atoms with Crippen LogP contribution >= 0.6 is 0 Å². The standard InChI is InChI=1S/C13H18F3NO3/c14-13(15,16)9-3-1-2-8(6-9)11(18)17-10(12(19)20)7-4-5-7/h7-10H,1-6H2,(H,17,18)(H,19,20). The van der Waals surface area contributed by atoms with E-state index in [0.717, 1.165) is 12.8 Å². The van der Waals surface area contributed by atoms with Gasteiger partial charge < -0.3 is 10.4 Å². The van der Waals surface area contributed by atoms with E-state index >= 15 is 0 Å². The molecule has 0 aliphatic heterocycles. The largest absolute Gasteiger partial charge is 0.480 e. The zero-order valence-corrected chi connectivity index (χ0v) is 10.9. The SMILES string of the molecule is O=C(NC(C(=O)O)C1CC1)C1CCCC(C(F)(F)F)C1. The molecule has 0 radical (unpaired) electrons. The molecule has 2 aliphatic carbocycles. The molecule has 114 valence electrons. The van der Waals surface area contributed by atoms with Gasteiger partial charge in [0.1, 0.15) is 6.04 Å². The van der Waals surface area contributed by atoms with Crippen LogP contribution < -0.4 is 5.32 Å². The molecule has 3 unspecified atom stereocenters. The molecule has 2 rings (SSSR count). The third-order valence-corrected chi connectivity index (χ3v) is 4.17. The fraction of sp³-hybridized carbons (Fsp3) is 0.846. The van der Waals surface area contributed by atoms with Gasteiger partial charge in [-0.1, -0.05) is 6.42 Å². The number of alkyl halides is 3. The quantitative estimate of drug-likeness (QED) is 0.836. The zero-order chi connectivity index (χ0) is 14.9. The molecule has 20 heavy (non-hydrogen) atoms. The molecule has 2 saturated carbocycles. The molecule has 4 nitrogen and oxygen atoms in total. The number of carboxylic acid groups (broad SMARTS) is 1. The fourth-order valence-electron chi connectivity index (χ4n) is 2.81. The molecule has 2 fully saturated rings. The number of carboxylic acids is 1. The smallest absolute Gasteiger partial charge is 0.391 e. The van der Waals surface area contributed by atoms with Crippen molar-refractivity contribution in [2.45, 2.75) is 50.7 Å². The van der Waals surface area contributed by atoms with Crippen molar-refractivity contribution < 1.29 is 27.9 Å². The minimum absolute atomic E-state index is 0.0538. The van der Waals surface area contributed by atoms with Gasteiger partial charge in [-0.05, 0) is 38.0 Å². The minimum atomic E-state index is -4.28. The predicted octanol–water partition coefficient (Wildman–Crippen LogP) is 2.33. The Balaban J connectivity index is 1.93. The van der Waals surface area contributed by atoms with Crippen molar-refractivity contribution in [3.8, 4) is 0 Å². The second-order valence-electron chi connectivity index (χ2n) is 5.76. The number of nitrogens with one attached hydrogen (secondary N) is 1. The Morgan fingerprint density at radius 2 is 1.80 bits per heavy atom. The monoisotopic (exact) mass is 293 g/mol. The summed E-state index contributed by atoms with van der Waals surface area (Å²) in [6, 6.07) is -0.950. The number of carbonyl (C=O) groups is 2. The van der Waals surface area contributed by atoms with Gasteiger partial charge in [0.25, 0.3) is 0 Å². The van der Waals surface area contributed by atoms with Crippen molar-refractivity contribution in [1.29, 1.82) is 0 Å². The van der Waals surface area contributed by atoms with Crippen molar-refractivity contribution >= 4 is 11.9 Å². The molecule has 0 saturated heterocycles. The van der Waals surface area contributed by atoms with Crippen molar-refractivity contribution in [1.82, 2.24) is 5.32 Å². The molecule has 2 N–H and O–H groups in total. The third-order valence-electron chi connectivity index (χ3n) is 4.17. The highest BCUT2D eigenvalue weighted by Crippen LogP contribution is 2.40. The van der Waals surface area contributed by atoms with Crippen LogP contribution in [0.25, 0.3) is 0 Å². The van der Waals surface area contributed by atoms with Gasteiger partial charge in [0.15, 0.2) is 0 Å². The van der Waals surface area contributed by atoms with Gasteiger partial charge in [0, 0.05) is 5.92 Å². The number of carbonyl (C=O) groups excluding carboxylic acids is 1. The second-order valence-corrected chi connectivity index (χ2v) is 5.76. The first-order chi connectivity index (χ1) is 9.29. The van der Waals surface area contributed by atoms with Crippen molar-refractivity contribution in [2.24, 2.45) is 17.8 Å². The van der Waals surface area contributed by atoms with E-state index in [1.807, 2.05) is 0 Å². The van der Waals surface area contributed by atoms with Crippen LogP contribution in [0.2, 0.25) is 0 Å². The van der Waals surface area contributed by atoms with E-state index in [1.165, 1.54) is 0 Å². The summed E-state index contributed by atoms with van der Waals surface area (Å²) in [6.07, 6.45) is -2.22. The van der Waals surface area contributed by atoms with Gasteiger partial charge in [-0.2, -0.15) is 13.2 Å². The first kappa shape index (κ1) is 15.1. The highest BCUT2D eigenvalue weighted by molar-refractivity contribution is 5.85. The number of hydrogen-bond acceptors (Lipinski definition) is 2. The maximum absolute atomic E-state index is 12.7. The Labute approximate surface area is 114 Å². The molecule has 2 aliphatic rings. The number of rotatable bonds is 4. The molecule has 0 heterocycles. The Morgan fingerprint density at radius 3 is 2.30 bits per heavy atom. The van der Waals surface area contributed by atoms with E-state index in [9.17, 15) is 22.8 Å². The lowest BCUT2D eigenvalue weighted by atomic mass is 9.80. The van der Waals surface area contributed by atoms with Gasteiger partial charge >= 0.3 is 12.1 Å². The van der Waals surface area contributed by atoms with Gasteiger partial charge in [-0.3, -0.25) is 4.79 Å². The Morgan fingerprint density at radius 1 is 1.15 bits per heavy atom. The molecule has 0 bridgehead atoms. The minimum Gasteiger partial charge on any atom is -0.480 e. The van der Waals surface area contributed by atoms with E-state index in [4.69, 9.17) is 5.11 Å². The maximum atomic E-state index is 12.7. The molecule has 7 heteroatoms. The number of amides is 1. The van der Waals surface area contributed by atoms with Gasteiger partial charge in [-0.25, -0.2) is 4.79 Å². The summed E-state index contributed by atoms with van der Waals surface area (Å²) < 4.78 is 38.0. The fourth-order valence-corrected chi connectivity index (χ4v) is 2.81. The van der Waals surface area contributed by atoms with E-state index in [2.05, 4.69) is 5.32 Å². The number of aliphatic carboxylic acids is 1. The van der Waals surface area contributed by atoms with Crippen LogP contribution in [0.4, 0.5) is 13.2 Å². The summed E-state index contributed by atoms with van der Waals surface area (Å²) in [5.74, 6) is -3.90. The van der Waals surface area contributed by atoms with Gasteiger partial charge in [0.2, 0.25) is 5.91 Å². The van der Waals surface area contributed by atoms with E-state index in [-0.39, 0.29) is 18.8 Å². The molecule has 1 amide bonds. The number of hydrogen-bond donors (Lipinski definition) is 2. The summed E-state index contributed by atoms with van der Waals surface area (Å²) in [6.45, 7) is 0. The van der Waals surface area contributed by atoms with Crippen molar-refractivity contribution in [2.75, 3.05) is 0 Å². The highest BCUT2D eigenvalue weighted by Gasteiger charge is 2.44. The third kappa shape index (κ3) is 3.64. The molecule has 0 spiro atoms. The van der Waals surface area contributed by atoms with Crippen LogP contribution in [0.3, 0.4) is 0 Å². The Kier molecular flexibility index (Phi) is 4.25. The van der Waals surface area contributed by atoms with Gasteiger partial charge in [0.05, 0.1) is 5.92 Å². The summed E-state index contributed by atoms with van der Waals surface area (Å²) in [7, 11) is 0. The summed E-state index contributed by atoms with van der Waals surface area (Å²) in [4.78, 5) is 23.0. The topological polar surface area (TPSA) is 66.4 Å². The Hall–Kier alpha value is -1.27. The molecule has 0 aromatic rings. The zero-order valence-electron chi connectivity index (χ0n) is 10.9. The molecule has 3 atom stereocenters. The Bertz CT molecular complexity index is 393. The normalized spacial score (nSPS) is 28.8. The van der Waals surface area contributed by atoms with E-state index < -0.39 is 35.9 Å².